The normalized spacial score (nSPS) is 10.0. The first-order valence-electron chi connectivity index (χ1n) is 6.28. The van der Waals surface area contributed by atoms with Gasteiger partial charge in [-0.3, -0.25) is 9.59 Å². The summed E-state index contributed by atoms with van der Waals surface area (Å²) in [7, 11) is 3.06. The molecule has 0 radical (unpaired) electrons. The van der Waals surface area contributed by atoms with E-state index in [1.807, 2.05) is 0 Å². The van der Waals surface area contributed by atoms with Crippen LogP contribution >= 0.6 is 0 Å². The number of rotatable bonds is 5. The van der Waals surface area contributed by atoms with Crippen molar-refractivity contribution < 1.29 is 19.1 Å². The van der Waals surface area contributed by atoms with Gasteiger partial charge in [0.2, 0.25) is 0 Å². The van der Waals surface area contributed by atoms with Gasteiger partial charge in [-0.1, -0.05) is 0 Å². The average Bonchev–Trinajstić information content (AvgIpc) is 2.97. The molecule has 0 unspecified atom stereocenters. The number of Topliss-reactive ketones (excluding diaryl/α,β-unsaturated/α-hetero) is 1. The van der Waals surface area contributed by atoms with Crippen LogP contribution in [0.1, 0.15) is 27.9 Å². The zero-order valence-electron chi connectivity index (χ0n) is 12.0. The second-order valence-corrected chi connectivity index (χ2v) is 4.37. The largest absolute Gasteiger partial charge is 0.493 e. The number of nitrogens with one attached hydrogen (secondary N) is 2. The number of amides is 1. The Kier molecular flexibility index (Phi) is 4.27. The summed E-state index contributed by atoms with van der Waals surface area (Å²) >= 11 is 0. The van der Waals surface area contributed by atoms with Gasteiger partial charge in [0.25, 0.3) is 5.91 Å². The number of benzene rings is 1. The van der Waals surface area contributed by atoms with Crippen LogP contribution in [-0.2, 0) is 0 Å². The van der Waals surface area contributed by atoms with E-state index in [-0.39, 0.29) is 11.7 Å². The molecule has 1 amide bonds. The van der Waals surface area contributed by atoms with E-state index < -0.39 is 0 Å². The molecule has 2 N–H and O–H groups in total. The molecule has 0 atom stereocenters. The number of hydrogen-bond donors (Lipinski definition) is 2. The number of H-pyrrole nitrogens is 1. The minimum absolute atomic E-state index is 0.125. The van der Waals surface area contributed by atoms with Gasteiger partial charge >= 0.3 is 0 Å². The Morgan fingerprint density at radius 1 is 1.00 bits per heavy atom. The lowest BCUT2D eigenvalue weighted by atomic mass is 10.2. The third kappa shape index (κ3) is 3.22. The summed E-state index contributed by atoms with van der Waals surface area (Å²) in [6, 6.07) is 8.20. The summed E-state index contributed by atoms with van der Waals surface area (Å²) < 4.78 is 10.3. The molecule has 21 heavy (non-hydrogen) atoms. The molecule has 6 nitrogen and oxygen atoms in total. The van der Waals surface area contributed by atoms with Gasteiger partial charge in [0.15, 0.2) is 17.3 Å². The van der Waals surface area contributed by atoms with Gasteiger partial charge in [-0.05, 0) is 24.3 Å². The highest BCUT2D eigenvalue weighted by Crippen LogP contribution is 2.29. The van der Waals surface area contributed by atoms with E-state index >= 15 is 0 Å². The van der Waals surface area contributed by atoms with Crippen molar-refractivity contribution in [3.63, 3.8) is 0 Å². The van der Waals surface area contributed by atoms with Gasteiger partial charge in [0.1, 0.15) is 5.69 Å². The predicted molar refractivity (Wildman–Crippen MR) is 78.3 cm³/mol. The first kappa shape index (κ1) is 14.6. The summed E-state index contributed by atoms with van der Waals surface area (Å²) in [6.07, 6.45) is 0. The van der Waals surface area contributed by atoms with E-state index in [4.69, 9.17) is 9.47 Å². The predicted octanol–water partition coefficient (Wildman–Crippen LogP) is 2.49. The molecule has 0 saturated carbocycles. The van der Waals surface area contributed by atoms with Crippen molar-refractivity contribution in [2.75, 3.05) is 19.5 Å². The summed E-state index contributed by atoms with van der Waals surface area (Å²) in [6.45, 7) is 1.43. The standard InChI is InChI=1S/C15H16N2O4/c1-9(18)11-5-6-12(17-11)15(19)16-10-4-7-13(20-2)14(8-10)21-3/h4-8,17H,1-3H3,(H,16,19). The van der Waals surface area contributed by atoms with E-state index in [9.17, 15) is 9.59 Å². The van der Waals surface area contributed by atoms with Gasteiger partial charge in [0, 0.05) is 18.7 Å². The number of aromatic amines is 1. The molecule has 0 aliphatic rings. The first-order valence-corrected chi connectivity index (χ1v) is 6.28. The number of anilines is 1. The van der Waals surface area contributed by atoms with Crippen LogP contribution in [0.25, 0.3) is 0 Å². The lowest BCUT2D eigenvalue weighted by molar-refractivity contribution is 0.101. The monoisotopic (exact) mass is 288 g/mol. The smallest absolute Gasteiger partial charge is 0.272 e. The molecule has 6 heteroatoms. The summed E-state index contributed by atoms with van der Waals surface area (Å²) in [5.41, 5.74) is 1.28. The fraction of sp³-hybridized carbons (Fsp3) is 0.200. The van der Waals surface area contributed by atoms with Crippen molar-refractivity contribution in [2.24, 2.45) is 0 Å². The molecular weight excluding hydrogens is 272 g/mol. The summed E-state index contributed by atoms with van der Waals surface area (Å²) in [5.74, 6) is 0.635. The van der Waals surface area contributed by atoms with Crippen LogP contribution in [0, 0.1) is 0 Å². The van der Waals surface area contributed by atoms with Crippen molar-refractivity contribution in [1.82, 2.24) is 4.98 Å². The molecule has 2 rings (SSSR count). The van der Waals surface area contributed by atoms with Crippen LogP contribution < -0.4 is 14.8 Å². The Labute approximate surface area is 122 Å². The maximum atomic E-state index is 12.1. The number of carbonyl (C=O) groups excluding carboxylic acids is 2. The molecule has 0 saturated heterocycles. The Morgan fingerprint density at radius 3 is 2.24 bits per heavy atom. The summed E-state index contributed by atoms with van der Waals surface area (Å²) in [4.78, 5) is 26.0. The topological polar surface area (TPSA) is 80.4 Å². The number of carbonyl (C=O) groups is 2. The molecule has 1 heterocycles. The minimum Gasteiger partial charge on any atom is -0.493 e. The van der Waals surface area contributed by atoms with Crippen LogP contribution in [0.3, 0.4) is 0 Å². The SMILES string of the molecule is COc1ccc(NC(=O)c2ccc(C(C)=O)[nH]2)cc1OC. The van der Waals surface area contributed by atoms with Gasteiger partial charge in [-0.15, -0.1) is 0 Å². The van der Waals surface area contributed by atoms with Crippen LogP contribution in [0.15, 0.2) is 30.3 Å². The summed E-state index contributed by atoms with van der Waals surface area (Å²) in [5, 5.41) is 2.72. The molecule has 110 valence electrons. The molecule has 0 aliphatic carbocycles. The number of methoxy groups -OCH3 is 2. The highest BCUT2D eigenvalue weighted by atomic mass is 16.5. The average molecular weight is 288 g/mol. The number of hydrogen-bond acceptors (Lipinski definition) is 4. The van der Waals surface area contributed by atoms with Gasteiger partial charge in [-0.2, -0.15) is 0 Å². The van der Waals surface area contributed by atoms with Crippen molar-refractivity contribution in [3.8, 4) is 11.5 Å². The molecule has 0 aliphatic heterocycles. The Hall–Kier alpha value is -2.76. The number of aromatic nitrogens is 1. The van der Waals surface area contributed by atoms with E-state index in [1.54, 1.807) is 37.4 Å². The molecule has 0 spiro atoms. The second kappa shape index (κ2) is 6.13. The van der Waals surface area contributed by atoms with E-state index in [0.717, 1.165) is 0 Å². The first-order chi connectivity index (χ1) is 10.0. The van der Waals surface area contributed by atoms with Crippen LogP contribution in [0.4, 0.5) is 5.69 Å². The van der Waals surface area contributed by atoms with E-state index in [2.05, 4.69) is 10.3 Å². The maximum Gasteiger partial charge on any atom is 0.272 e. The third-order valence-corrected chi connectivity index (χ3v) is 2.95. The van der Waals surface area contributed by atoms with Crippen LogP contribution in [0.5, 0.6) is 11.5 Å². The van der Waals surface area contributed by atoms with E-state index in [0.29, 0.717) is 28.6 Å². The van der Waals surface area contributed by atoms with Gasteiger partial charge < -0.3 is 19.8 Å². The van der Waals surface area contributed by atoms with Crippen LogP contribution in [0.2, 0.25) is 0 Å². The zero-order valence-corrected chi connectivity index (χ0v) is 12.0. The Morgan fingerprint density at radius 2 is 1.67 bits per heavy atom. The molecule has 0 fully saturated rings. The second-order valence-electron chi connectivity index (χ2n) is 4.37. The van der Waals surface area contributed by atoms with Crippen LogP contribution in [-0.4, -0.2) is 30.9 Å². The highest BCUT2D eigenvalue weighted by molar-refractivity contribution is 6.04. The van der Waals surface area contributed by atoms with Crippen molar-refractivity contribution in [1.29, 1.82) is 0 Å². The number of ketones is 1. The zero-order chi connectivity index (χ0) is 15.4. The fourth-order valence-electron chi connectivity index (χ4n) is 1.85. The molecular formula is C15H16N2O4. The molecule has 1 aromatic carbocycles. The lowest BCUT2D eigenvalue weighted by Crippen LogP contribution is -2.12. The Balaban J connectivity index is 2.17. The quantitative estimate of drug-likeness (QED) is 0.828. The third-order valence-electron chi connectivity index (χ3n) is 2.95. The van der Waals surface area contributed by atoms with Crippen molar-refractivity contribution in [2.45, 2.75) is 6.92 Å². The lowest BCUT2D eigenvalue weighted by Gasteiger charge is -2.10. The molecule has 1 aromatic heterocycles. The maximum absolute atomic E-state index is 12.1. The highest BCUT2D eigenvalue weighted by Gasteiger charge is 2.12. The number of ether oxygens (including phenoxy) is 2. The van der Waals surface area contributed by atoms with E-state index in [1.165, 1.54) is 14.0 Å². The van der Waals surface area contributed by atoms with Gasteiger partial charge in [-0.25, -0.2) is 0 Å². The molecule has 2 aromatic rings. The molecule has 0 bridgehead atoms. The van der Waals surface area contributed by atoms with Crippen molar-refractivity contribution >= 4 is 17.4 Å². The van der Waals surface area contributed by atoms with Crippen molar-refractivity contribution in [3.05, 3.63) is 41.7 Å². The minimum atomic E-state index is -0.338. The fourth-order valence-corrected chi connectivity index (χ4v) is 1.85. The van der Waals surface area contributed by atoms with Gasteiger partial charge in [0.05, 0.1) is 19.9 Å². The Bertz CT molecular complexity index is 676.